The van der Waals surface area contributed by atoms with Gasteiger partial charge in [-0.1, -0.05) is 18.2 Å². The summed E-state index contributed by atoms with van der Waals surface area (Å²) >= 11 is 3.49. The lowest BCUT2D eigenvalue weighted by Crippen LogP contribution is -2.22. The number of hydrogen-bond acceptors (Lipinski definition) is 2. The third-order valence-electron chi connectivity index (χ3n) is 3.23. The van der Waals surface area contributed by atoms with Crippen molar-refractivity contribution in [3.63, 3.8) is 0 Å². The molecular formula is C17H19BrN2O. The maximum atomic E-state index is 12.0. The SMILES string of the molecule is Cc1ccc(NCC(=O)Nc2cc(C)ccc2C)c(Br)c1. The van der Waals surface area contributed by atoms with Gasteiger partial charge in [-0.2, -0.15) is 0 Å². The summed E-state index contributed by atoms with van der Waals surface area (Å²) < 4.78 is 0.960. The number of nitrogens with one attached hydrogen (secondary N) is 2. The van der Waals surface area contributed by atoms with Crippen LogP contribution in [0.15, 0.2) is 40.9 Å². The number of carbonyl (C=O) groups excluding carboxylic acids is 1. The van der Waals surface area contributed by atoms with Crippen molar-refractivity contribution in [1.29, 1.82) is 0 Å². The molecule has 0 radical (unpaired) electrons. The van der Waals surface area contributed by atoms with Crippen LogP contribution in [0, 0.1) is 20.8 Å². The molecule has 2 aromatic carbocycles. The normalized spacial score (nSPS) is 10.3. The Bertz CT molecular complexity index is 668. The minimum Gasteiger partial charge on any atom is -0.375 e. The summed E-state index contributed by atoms with van der Waals surface area (Å²) in [5, 5.41) is 6.07. The summed E-state index contributed by atoms with van der Waals surface area (Å²) in [4.78, 5) is 12.0. The van der Waals surface area contributed by atoms with Crippen LogP contribution in [-0.4, -0.2) is 12.5 Å². The molecule has 0 aliphatic heterocycles. The molecule has 1 amide bonds. The standard InChI is InChI=1S/C17H19BrN2O/c1-11-5-7-15(14(18)8-11)19-10-17(21)20-16-9-12(2)4-6-13(16)3/h4-9,19H,10H2,1-3H3,(H,20,21). The van der Waals surface area contributed by atoms with Crippen LogP contribution in [0.5, 0.6) is 0 Å². The van der Waals surface area contributed by atoms with Crippen molar-refractivity contribution in [3.8, 4) is 0 Å². The highest BCUT2D eigenvalue weighted by molar-refractivity contribution is 9.10. The molecule has 0 bridgehead atoms. The van der Waals surface area contributed by atoms with Crippen molar-refractivity contribution in [1.82, 2.24) is 0 Å². The van der Waals surface area contributed by atoms with Crippen LogP contribution in [0.1, 0.15) is 16.7 Å². The lowest BCUT2D eigenvalue weighted by atomic mass is 10.1. The van der Waals surface area contributed by atoms with Gasteiger partial charge in [0.05, 0.1) is 6.54 Å². The Balaban J connectivity index is 1.97. The minimum atomic E-state index is -0.0591. The Morgan fingerprint density at radius 2 is 1.67 bits per heavy atom. The molecule has 2 aromatic rings. The summed E-state index contributed by atoms with van der Waals surface area (Å²) in [5.74, 6) is -0.0591. The van der Waals surface area contributed by atoms with E-state index >= 15 is 0 Å². The van der Waals surface area contributed by atoms with Crippen LogP contribution in [0.25, 0.3) is 0 Å². The second kappa shape index (κ2) is 6.76. The second-order valence-corrected chi connectivity index (χ2v) is 6.06. The van der Waals surface area contributed by atoms with Crippen molar-refractivity contribution < 1.29 is 4.79 Å². The molecule has 110 valence electrons. The number of anilines is 2. The molecule has 21 heavy (non-hydrogen) atoms. The predicted molar refractivity (Wildman–Crippen MR) is 91.9 cm³/mol. The van der Waals surface area contributed by atoms with E-state index in [1.807, 2.05) is 57.2 Å². The number of carbonyl (C=O) groups is 1. The average Bonchev–Trinajstić information content (AvgIpc) is 2.42. The first-order valence-corrected chi connectivity index (χ1v) is 7.62. The Morgan fingerprint density at radius 1 is 1.00 bits per heavy atom. The molecule has 3 nitrogen and oxygen atoms in total. The summed E-state index contributed by atoms with van der Waals surface area (Å²) in [6, 6.07) is 12.0. The van der Waals surface area contributed by atoms with Crippen LogP contribution in [0.2, 0.25) is 0 Å². The zero-order valence-electron chi connectivity index (χ0n) is 12.5. The van der Waals surface area contributed by atoms with Crippen LogP contribution < -0.4 is 10.6 Å². The van der Waals surface area contributed by atoms with Gasteiger partial charge in [-0.3, -0.25) is 4.79 Å². The van der Waals surface area contributed by atoms with Gasteiger partial charge < -0.3 is 10.6 Å². The highest BCUT2D eigenvalue weighted by Crippen LogP contribution is 2.23. The number of benzene rings is 2. The fourth-order valence-electron chi connectivity index (χ4n) is 2.00. The maximum Gasteiger partial charge on any atom is 0.243 e. The van der Waals surface area contributed by atoms with Crippen molar-refractivity contribution in [2.45, 2.75) is 20.8 Å². The second-order valence-electron chi connectivity index (χ2n) is 5.20. The van der Waals surface area contributed by atoms with Crippen LogP contribution >= 0.6 is 15.9 Å². The van der Waals surface area contributed by atoms with Crippen LogP contribution in [-0.2, 0) is 4.79 Å². The Hall–Kier alpha value is -1.81. The summed E-state index contributed by atoms with van der Waals surface area (Å²) in [5.41, 5.74) is 5.14. The topological polar surface area (TPSA) is 41.1 Å². The Kier molecular flexibility index (Phi) is 5.02. The first-order chi connectivity index (χ1) is 9.95. The summed E-state index contributed by atoms with van der Waals surface area (Å²) in [6.45, 7) is 6.26. The van der Waals surface area contributed by atoms with E-state index < -0.39 is 0 Å². The Labute approximate surface area is 133 Å². The Morgan fingerprint density at radius 3 is 2.38 bits per heavy atom. The van der Waals surface area contributed by atoms with Gasteiger partial charge in [-0.15, -0.1) is 0 Å². The molecule has 0 fully saturated rings. The van der Waals surface area contributed by atoms with E-state index in [-0.39, 0.29) is 12.5 Å². The van der Waals surface area contributed by atoms with Gasteiger partial charge >= 0.3 is 0 Å². The van der Waals surface area contributed by atoms with E-state index in [2.05, 4.69) is 26.6 Å². The molecule has 2 N–H and O–H groups in total. The zero-order valence-corrected chi connectivity index (χ0v) is 14.0. The molecule has 0 aliphatic rings. The average molecular weight is 347 g/mol. The molecule has 0 unspecified atom stereocenters. The van der Waals surface area contributed by atoms with Gasteiger partial charge in [-0.25, -0.2) is 0 Å². The van der Waals surface area contributed by atoms with E-state index in [0.717, 1.165) is 27.0 Å². The zero-order chi connectivity index (χ0) is 15.4. The van der Waals surface area contributed by atoms with Crippen molar-refractivity contribution >= 4 is 33.2 Å². The van der Waals surface area contributed by atoms with E-state index in [1.165, 1.54) is 5.56 Å². The summed E-state index contributed by atoms with van der Waals surface area (Å²) in [7, 11) is 0. The third kappa shape index (κ3) is 4.33. The van der Waals surface area contributed by atoms with Crippen molar-refractivity contribution in [2.75, 3.05) is 17.2 Å². The third-order valence-corrected chi connectivity index (χ3v) is 3.89. The number of aryl methyl sites for hydroxylation is 3. The van der Waals surface area contributed by atoms with Crippen molar-refractivity contribution in [3.05, 3.63) is 57.6 Å². The van der Waals surface area contributed by atoms with E-state index in [4.69, 9.17) is 0 Å². The smallest absolute Gasteiger partial charge is 0.243 e. The van der Waals surface area contributed by atoms with Gasteiger partial charge in [0.25, 0.3) is 0 Å². The first kappa shape index (κ1) is 15.6. The molecule has 4 heteroatoms. The maximum absolute atomic E-state index is 12.0. The highest BCUT2D eigenvalue weighted by atomic mass is 79.9. The number of hydrogen-bond donors (Lipinski definition) is 2. The highest BCUT2D eigenvalue weighted by Gasteiger charge is 2.06. The number of halogens is 1. The molecular weight excluding hydrogens is 328 g/mol. The fourth-order valence-corrected chi connectivity index (χ4v) is 2.64. The number of amides is 1. The monoisotopic (exact) mass is 346 g/mol. The fraction of sp³-hybridized carbons (Fsp3) is 0.235. The quantitative estimate of drug-likeness (QED) is 0.859. The van der Waals surface area contributed by atoms with E-state index in [9.17, 15) is 4.79 Å². The van der Waals surface area contributed by atoms with Crippen LogP contribution in [0.4, 0.5) is 11.4 Å². The van der Waals surface area contributed by atoms with Crippen molar-refractivity contribution in [2.24, 2.45) is 0 Å². The molecule has 0 aromatic heterocycles. The molecule has 0 aliphatic carbocycles. The molecule has 0 saturated heterocycles. The lowest BCUT2D eigenvalue weighted by molar-refractivity contribution is -0.114. The van der Waals surface area contributed by atoms with Gasteiger partial charge in [0.2, 0.25) is 5.91 Å². The number of rotatable bonds is 4. The van der Waals surface area contributed by atoms with Gasteiger partial charge in [0, 0.05) is 15.8 Å². The molecule has 2 rings (SSSR count). The first-order valence-electron chi connectivity index (χ1n) is 6.83. The van der Waals surface area contributed by atoms with Gasteiger partial charge in [0.15, 0.2) is 0 Å². The minimum absolute atomic E-state index is 0.0591. The molecule has 0 saturated carbocycles. The van der Waals surface area contributed by atoms with E-state index in [1.54, 1.807) is 0 Å². The van der Waals surface area contributed by atoms with E-state index in [0.29, 0.717) is 0 Å². The molecule has 0 spiro atoms. The largest absolute Gasteiger partial charge is 0.375 e. The molecule has 0 heterocycles. The predicted octanol–water partition coefficient (Wildman–Crippen LogP) is 4.42. The summed E-state index contributed by atoms with van der Waals surface area (Å²) in [6.07, 6.45) is 0. The van der Waals surface area contributed by atoms with Gasteiger partial charge in [-0.05, 0) is 71.6 Å². The molecule has 0 atom stereocenters. The van der Waals surface area contributed by atoms with Crippen LogP contribution in [0.3, 0.4) is 0 Å². The van der Waals surface area contributed by atoms with Gasteiger partial charge in [0.1, 0.15) is 0 Å². The lowest BCUT2D eigenvalue weighted by Gasteiger charge is -2.12.